The molecule has 176 valence electrons. The lowest BCUT2D eigenvalue weighted by atomic mass is 9.78. The second-order valence-electron chi connectivity index (χ2n) is 8.61. The molecule has 6 nitrogen and oxygen atoms in total. The van der Waals surface area contributed by atoms with Crippen LogP contribution in [0.5, 0.6) is 5.75 Å². The summed E-state index contributed by atoms with van der Waals surface area (Å²) in [6, 6.07) is 10.6. The number of ether oxygens (including phenoxy) is 1. The monoisotopic (exact) mass is 465 g/mol. The van der Waals surface area contributed by atoms with Crippen LogP contribution in [0.15, 0.2) is 54.9 Å². The van der Waals surface area contributed by atoms with Gasteiger partial charge in [-0.15, -0.1) is 0 Å². The molecule has 3 heterocycles. The highest BCUT2D eigenvalue weighted by Gasteiger charge is 2.32. The van der Waals surface area contributed by atoms with E-state index >= 15 is 0 Å². The number of carbonyl (C=O) groups is 1. The topological polar surface area (TPSA) is 76.7 Å². The summed E-state index contributed by atoms with van der Waals surface area (Å²) in [6.07, 6.45) is 3.39. The molecule has 8 heteroatoms. The Morgan fingerprint density at radius 3 is 2.56 bits per heavy atom. The number of hydrogen-bond acceptors (Lipinski definition) is 5. The number of pyridine rings is 2. The molecule has 1 N–H and O–H groups in total. The summed E-state index contributed by atoms with van der Waals surface area (Å²) in [5.41, 5.74) is 1.84. The fourth-order valence-corrected chi connectivity index (χ4v) is 4.03. The van der Waals surface area contributed by atoms with Crippen molar-refractivity contribution < 1.29 is 23.4 Å². The lowest BCUT2D eigenvalue weighted by Gasteiger charge is -2.27. The van der Waals surface area contributed by atoms with E-state index in [1.807, 2.05) is 19.9 Å². The summed E-state index contributed by atoms with van der Waals surface area (Å²) in [5, 5.41) is 10.1. The van der Waals surface area contributed by atoms with E-state index in [1.165, 1.54) is 18.2 Å². The minimum absolute atomic E-state index is 0.0487. The van der Waals surface area contributed by atoms with Gasteiger partial charge in [0.2, 0.25) is 0 Å². The predicted octanol–water partition coefficient (Wildman–Crippen LogP) is 4.73. The second kappa shape index (κ2) is 9.30. The van der Waals surface area contributed by atoms with Crippen molar-refractivity contribution in [1.82, 2.24) is 14.4 Å². The SMILES string of the molecule is Cc1cc(C(C)(CO)CC(=O)c2c(C)nc3c(OCc4c(F)cccc4F)cccn23)ccn1. The van der Waals surface area contributed by atoms with Crippen LogP contribution in [0.1, 0.15) is 46.3 Å². The van der Waals surface area contributed by atoms with E-state index in [9.17, 15) is 18.7 Å². The zero-order chi connectivity index (χ0) is 24.5. The molecule has 1 unspecified atom stereocenters. The lowest BCUT2D eigenvalue weighted by molar-refractivity contribution is 0.0912. The maximum absolute atomic E-state index is 14.0. The molecule has 1 aromatic carbocycles. The first kappa shape index (κ1) is 23.5. The molecule has 0 radical (unpaired) electrons. The molecule has 0 aliphatic carbocycles. The van der Waals surface area contributed by atoms with Gasteiger partial charge < -0.3 is 9.84 Å². The molecule has 0 bridgehead atoms. The molecule has 3 aromatic heterocycles. The van der Waals surface area contributed by atoms with Crippen LogP contribution in [0.2, 0.25) is 0 Å². The predicted molar refractivity (Wildman–Crippen MR) is 123 cm³/mol. The number of imidazole rings is 1. The first-order chi connectivity index (χ1) is 16.2. The van der Waals surface area contributed by atoms with Crippen LogP contribution in [0.25, 0.3) is 5.65 Å². The molecular formula is C26H25F2N3O3. The van der Waals surface area contributed by atoms with E-state index in [0.29, 0.717) is 22.8 Å². The number of Topliss-reactive ketones (excluding diaryl/α,β-unsaturated/α-hetero) is 1. The Labute approximate surface area is 195 Å². The van der Waals surface area contributed by atoms with Crippen molar-refractivity contribution in [2.75, 3.05) is 6.61 Å². The number of rotatable bonds is 8. The number of aryl methyl sites for hydroxylation is 2. The molecule has 4 aromatic rings. The Hall–Kier alpha value is -3.65. The molecule has 0 saturated carbocycles. The van der Waals surface area contributed by atoms with Gasteiger partial charge in [-0.3, -0.25) is 14.2 Å². The first-order valence-corrected chi connectivity index (χ1v) is 10.8. The molecule has 0 fully saturated rings. The van der Waals surface area contributed by atoms with E-state index in [1.54, 1.807) is 41.9 Å². The summed E-state index contributed by atoms with van der Waals surface area (Å²) in [4.78, 5) is 22.1. The highest BCUT2D eigenvalue weighted by atomic mass is 19.1. The summed E-state index contributed by atoms with van der Waals surface area (Å²) < 4.78 is 35.3. The van der Waals surface area contributed by atoms with E-state index in [0.717, 1.165) is 11.3 Å². The van der Waals surface area contributed by atoms with Gasteiger partial charge in [-0.05, 0) is 55.8 Å². The highest BCUT2D eigenvalue weighted by Crippen LogP contribution is 2.31. The number of aliphatic hydroxyl groups excluding tert-OH is 1. The second-order valence-corrected chi connectivity index (χ2v) is 8.61. The number of nitrogens with zero attached hydrogens (tertiary/aromatic N) is 3. The first-order valence-electron chi connectivity index (χ1n) is 10.8. The van der Waals surface area contributed by atoms with Gasteiger partial charge in [0.15, 0.2) is 17.2 Å². The minimum Gasteiger partial charge on any atom is -0.485 e. The van der Waals surface area contributed by atoms with E-state index < -0.39 is 17.0 Å². The number of aliphatic hydroxyl groups is 1. The molecule has 0 aliphatic heterocycles. The molecule has 0 amide bonds. The van der Waals surface area contributed by atoms with E-state index in [2.05, 4.69) is 9.97 Å². The van der Waals surface area contributed by atoms with Crippen LogP contribution in [-0.2, 0) is 12.0 Å². The van der Waals surface area contributed by atoms with Crippen LogP contribution in [0.4, 0.5) is 8.78 Å². The van der Waals surface area contributed by atoms with Crippen molar-refractivity contribution >= 4 is 11.4 Å². The van der Waals surface area contributed by atoms with Crippen LogP contribution in [0, 0.1) is 25.5 Å². The normalized spacial score (nSPS) is 13.1. The lowest BCUT2D eigenvalue weighted by Crippen LogP contribution is -2.30. The number of aromatic nitrogens is 3. The number of ketones is 1. The average molecular weight is 466 g/mol. The number of fused-ring (bicyclic) bond motifs is 1. The standard InChI is InChI=1S/C26H25F2N3O3/c1-16-12-18(9-10-29-16)26(3,15-32)13-22(33)24-17(2)30-25-23(8-5-11-31(24)25)34-14-19-20(27)6-4-7-21(19)28/h4-12,32H,13-15H2,1-3H3. The number of hydrogen-bond donors (Lipinski definition) is 1. The van der Waals surface area contributed by atoms with E-state index in [-0.39, 0.29) is 31.0 Å². The Morgan fingerprint density at radius 2 is 1.88 bits per heavy atom. The average Bonchev–Trinajstić information content (AvgIpc) is 3.15. The Kier molecular flexibility index (Phi) is 6.43. The molecule has 0 spiro atoms. The van der Waals surface area contributed by atoms with Crippen molar-refractivity contribution in [3.05, 3.63) is 94.7 Å². The van der Waals surface area contributed by atoms with Crippen molar-refractivity contribution in [3.8, 4) is 5.75 Å². The Morgan fingerprint density at radius 1 is 1.15 bits per heavy atom. The van der Waals surface area contributed by atoms with Crippen molar-refractivity contribution in [2.45, 2.75) is 39.2 Å². The van der Waals surface area contributed by atoms with Crippen LogP contribution >= 0.6 is 0 Å². The molecular weight excluding hydrogens is 440 g/mol. The molecule has 34 heavy (non-hydrogen) atoms. The molecule has 1 atom stereocenters. The van der Waals surface area contributed by atoms with Gasteiger partial charge in [-0.25, -0.2) is 13.8 Å². The van der Waals surface area contributed by atoms with Gasteiger partial charge in [-0.1, -0.05) is 13.0 Å². The van der Waals surface area contributed by atoms with Crippen molar-refractivity contribution in [3.63, 3.8) is 0 Å². The summed E-state index contributed by atoms with van der Waals surface area (Å²) >= 11 is 0. The van der Waals surface area contributed by atoms with Crippen molar-refractivity contribution in [1.29, 1.82) is 0 Å². The van der Waals surface area contributed by atoms with Gasteiger partial charge in [0.1, 0.15) is 23.9 Å². The Balaban J connectivity index is 1.65. The summed E-state index contributed by atoms with van der Waals surface area (Å²) in [7, 11) is 0. The van der Waals surface area contributed by atoms with Gasteiger partial charge in [0.05, 0.1) is 17.9 Å². The maximum Gasteiger partial charge on any atom is 0.182 e. The third-order valence-electron chi connectivity index (χ3n) is 5.98. The molecule has 0 saturated heterocycles. The van der Waals surface area contributed by atoms with Gasteiger partial charge >= 0.3 is 0 Å². The van der Waals surface area contributed by atoms with E-state index in [4.69, 9.17) is 4.74 Å². The van der Waals surface area contributed by atoms with Crippen molar-refractivity contribution in [2.24, 2.45) is 0 Å². The fourth-order valence-electron chi connectivity index (χ4n) is 4.03. The third-order valence-corrected chi connectivity index (χ3v) is 5.98. The van der Waals surface area contributed by atoms with Crippen LogP contribution < -0.4 is 4.74 Å². The number of benzene rings is 1. The number of halogens is 2. The quantitative estimate of drug-likeness (QED) is 0.381. The van der Waals surface area contributed by atoms with Crippen LogP contribution in [-0.4, -0.2) is 31.9 Å². The minimum atomic E-state index is -0.808. The highest BCUT2D eigenvalue weighted by molar-refractivity contribution is 5.97. The van der Waals surface area contributed by atoms with Crippen LogP contribution in [0.3, 0.4) is 0 Å². The zero-order valence-electron chi connectivity index (χ0n) is 19.2. The third kappa shape index (κ3) is 4.41. The molecule has 0 aliphatic rings. The Bertz CT molecular complexity index is 1350. The number of carbonyl (C=O) groups excluding carboxylic acids is 1. The van der Waals surface area contributed by atoms with Gasteiger partial charge in [-0.2, -0.15) is 0 Å². The zero-order valence-corrected chi connectivity index (χ0v) is 19.2. The smallest absolute Gasteiger partial charge is 0.182 e. The maximum atomic E-state index is 14.0. The summed E-state index contributed by atoms with van der Waals surface area (Å²) in [6.45, 7) is 4.85. The largest absolute Gasteiger partial charge is 0.485 e. The fraction of sp³-hybridized carbons (Fsp3) is 0.269. The van der Waals surface area contributed by atoms with Gasteiger partial charge in [0, 0.05) is 29.9 Å². The summed E-state index contributed by atoms with van der Waals surface area (Å²) in [5.74, 6) is -1.30. The van der Waals surface area contributed by atoms with Gasteiger partial charge in [0.25, 0.3) is 0 Å². The molecule has 4 rings (SSSR count).